The van der Waals surface area contributed by atoms with Gasteiger partial charge < -0.3 is 10.1 Å². The van der Waals surface area contributed by atoms with Crippen LogP contribution in [0.1, 0.15) is 23.6 Å². The molecule has 0 spiro atoms. The maximum atomic E-state index is 11.3. The topological polar surface area (TPSA) is 38.3 Å². The SMILES string of the molecule is CCOC(=O)NC1Cc2cccc(C)c2C1. The standard InChI is InChI=1S/C13H17NO2/c1-3-16-13(15)14-11-7-10-6-4-5-9(2)12(10)8-11/h4-6,11H,3,7-8H2,1-2H3,(H,14,15). The Morgan fingerprint density at radius 1 is 1.50 bits per heavy atom. The maximum absolute atomic E-state index is 11.3. The summed E-state index contributed by atoms with van der Waals surface area (Å²) in [4.78, 5) is 11.3. The second-order valence-corrected chi connectivity index (χ2v) is 4.18. The molecule has 0 aliphatic heterocycles. The average Bonchev–Trinajstić information content (AvgIpc) is 2.62. The highest BCUT2D eigenvalue weighted by atomic mass is 16.5. The molecule has 1 aromatic carbocycles. The lowest BCUT2D eigenvalue weighted by molar-refractivity contribution is 0.148. The lowest BCUT2D eigenvalue weighted by atomic mass is 10.1. The Hall–Kier alpha value is -1.51. The lowest BCUT2D eigenvalue weighted by Crippen LogP contribution is -2.35. The van der Waals surface area contributed by atoms with E-state index in [2.05, 4.69) is 30.4 Å². The summed E-state index contributed by atoms with van der Waals surface area (Å²) in [6.45, 7) is 4.35. The summed E-state index contributed by atoms with van der Waals surface area (Å²) in [6.07, 6.45) is 1.52. The Morgan fingerprint density at radius 2 is 2.31 bits per heavy atom. The third-order valence-corrected chi connectivity index (χ3v) is 3.02. The predicted octanol–water partition coefficient (Wildman–Crippen LogP) is 2.21. The van der Waals surface area contributed by atoms with Crippen LogP contribution in [0, 0.1) is 6.92 Å². The number of benzene rings is 1. The fraction of sp³-hybridized carbons (Fsp3) is 0.462. The van der Waals surface area contributed by atoms with Crippen molar-refractivity contribution in [2.45, 2.75) is 32.7 Å². The fourth-order valence-electron chi connectivity index (χ4n) is 2.27. The molecule has 1 aromatic rings. The summed E-state index contributed by atoms with van der Waals surface area (Å²) >= 11 is 0. The number of nitrogens with one attached hydrogen (secondary N) is 1. The highest BCUT2D eigenvalue weighted by Crippen LogP contribution is 2.25. The van der Waals surface area contributed by atoms with Crippen LogP contribution in [0.4, 0.5) is 4.79 Å². The van der Waals surface area contributed by atoms with Gasteiger partial charge in [-0.25, -0.2) is 4.79 Å². The van der Waals surface area contributed by atoms with E-state index in [-0.39, 0.29) is 12.1 Å². The van der Waals surface area contributed by atoms with Crippen molar-refractivity contribution in [2.75, 3.05) is 6.61 Å². The Kier molecular flexibility index (Phi) is 3.13. The lowest BCUT2D eigenvalue weighted by Gasteiger charge is -2.11. The molecule has 0 radical (unpaired) electrons. The zero-order valence-corrected chi connectivity index (χ0v) is 9.75. The normalized spacial score (nSPS) is 18.0. The number of hydrogen-bond donors (Lipinski definition) is 1. The van der Waals surface area contributed by atoms with Crippen molar-refractivity contribution < 1.29 is 9.53 Å². The van der Waals surface area contributed by atoms with Crippen molar-refractivity contribution in [3.63, 3.8) is 0 Å². The molecule has 1 aliphatic carbocycles. The Balaban J connectivity index is 2.00. The summed E-state index contributed by atoms with van der Waals surface area (Å²) in [5.74, 6) is 0. The Bertz CT molecular complexity index is 401. The molecule has 0 heterocycles. The van der Waals surface area contributed by atoms with Crippen LogP contribution in [0.2, 0.25) is 0 Å². The molecule has 3 heteroatoms. The number of amides is 1. The number of rotatable bonds is 2. The second kappa shape index (κ2) is 4.56. The number of fused-ring (bicyclic) bond motifs is 1. The molecule has 1 atom stereocenters. The Morgan fingerprint density at radius 3 is 3.00 bits per heavy atom. The highest BCUT2D eigenvalue weighted by Gasteiger charge is 2.24. The Labute approximate surface area is 95.8 Å². The molecule has 0 aromatic heterocycles. The molecule has 1 unspecified atom stereocenters. The third-order valence-electron chi connectivity index (χ3n) is 3.02. The summed E-state index contributed by atoms with van der Waals surface area (Å²) in [5, 5.41) is 2.89. The van der Waals surface area contributed by atoms with Crippen molar-refractivity contribution in [1.29, 1.82) is 0 Å². The number of hydrogen-bond acceptors (Lipinski definition) is 2. The molecule has 0 fully saturated rings. The molecular formula is C13H17NO2. The first-order valence-electron chi connectivity index (χ1n) is 5.71. The number of carbonyl (C=O) groups excluding carboxylic acids is 1. The number of aryl methyl sites for hydroxylation is 1. The molecule has 1 amide bonds. The van der Waals surface area contributed by atoms with E-state index in [4.69, 9.17) is 4.74 Å². The van der Waals surface area contributed by atoms with Crippen LogP contribution < -0.4 is 5.32 Å². The highest BCUT2D eigenvalue weighted by molar-refractivity contribution is 5.68. The van der Waals surface area contributed by atoms with Gasteiger partial charge in [-0.05, 0) is 43.4 Å². The monoisotopic (exact) mass is 219 g/mol. The minimum absolute atomic E-state index is 0.190. The van der Waals surface area contributed by atoms with Crippen molar-refractivity contribution in [2.24, 2.45) is 0 Å². The van der Waals surface area contributed by atoms with E-state index >= 15 is 0 Å². The largest absolute Gasteiger partial charge is 0.450 e. The van der Waals surface area contributed by atoms with Crippen LogP contribution in [0.15, 0.2) is 18.2 Å². The van der Waals surface area contributed by atoms with E-state index in [1.807, 2.05) is 6.92 Å². The minimum atomic E-state index is -0.307. The first-order valence-corrected chi connectivity index (χ1v) is 5.71. The minimum Gasteiger partial charge on any atom is -0.450 e. The summed E-state index contributed by atoms with van der Waals surface area (Å²) in [5.41, 5.74) is 4.04. The summed E-state index contributed by atoms with van der Waals surface area (Å²) in [7, 11) is 0. The summed E-state index contributed by atoms with van der Waals surface area (Å²) < 4.78 is 4.88. The van der Waals surface area contributed by atoms with Crippen molar-refractivity contribution in [1.82, 2.24) is 5.32 Å². The molecule has 1 aliphatic rings. The van der Waals surface area contributed by atoms with E-state index in [1.54, 1.807) is 0 Å². The third kappa shape index (κ3) is 2.18. The van der Waals surface area contributed by atoms with Gasteiger partial charge in [0.2, 0.25) is 0 Å². The van der Waals surface area contributed by atoms with E-state index in [0.717, 1.165) is 12.8 Å². The van der Waals surface area contributed by atoms with Gasteiger partial charge in [0.15, 0.2) is 0 Å². The number of alkyl carbamates (subject to hydrolysis) is 1. The van der Waals surface area contributed by atoms with Crippen LogP contribution in [-0.4, -0.2) is 18.7 Å². The van der Waals surface area contributed by atoms with Crippen molar-refractivity contribution in [3.8, 4) is 0 Å². The van der Waals surface area contributed by atoms with Crippen LogP contribution in [0.3, 0.4) is 0 Å². The van der Waals surface area contributed by atoms with Gasteiger partial charge in [0.25, 0.3) is 0 Å². The van der Waals surface area contributed by atoms with Crippen LogP contribution >= 0.6 is 0 Å². The van der Waals surface area contributed by atoms with Gasteiger partial charge in [0.1, 0.15) is 0 Å². The molecule has 2 rings (SSSR count). The molecule has 0 bridgehead atoms. The van der Waals surface area contributed by atoms with Gasteiger partial charge >= 0.3 is 6.09 Å². The summed E-state index contributed by atoms with van der Waals surface area (Å²) in [6, 6.07) is 6.51. The van der Waals surface area contributed by atoms with Crippen molar-refractivity contribution in [3.05, 3.63) is 34.9 Å². The maximum Gasteiger partial charge on any atom is 0.407 e. The van der Waals surface area contributed by atoms with Gasteiger partial charge in [0.05, 0.1) is 6.61 Å². The van der Waals surface area contributed by atoms with Gasteiger partial charge in [0, 0.05) is 6.04 Å². The zero-order chi connectivity index (χ0) is 11.5. The first kappa shape index (κ1) is 11.0. The van der Waals surface area contributed by atoms with E-state index < -0.39 is 0 Å². The average molecular weight is 219 g/mol. The van der Waals surface area contributed by atoms with Gasteiger partial charge in [-0.2, -0.15) is 0 Å². The number of ether oxygens (including phenoxy) is 1. The molecule has 3 nitrogen and oxygen atoms in total. The zero-order valence-electron chi connectivity index (χ0n) is 9.75. The fourth-order valence-corrected chi connectivity index (χ4v) is 2.27. The van der Waals surface area contributed by atoms with Gasteiger partial charge in [-0.15, -0.1) is 0 Å². The molecule has 86 valence electrons. The van der Waals surface area contributed by atoms with E-state index in [1.165, 1.54) is 16.7 Å². The van der Waals surface area contributed by atoms with Crippen LogP contribution in [0.5, 0.6) is 0 Å². The number of carbonyl (C=O) groups is 1. The smallest absolute Gasteiger partial charge is 0.407 e. The molecule has 0 saturated heterocycles. The van der Waals surface area contributed by atoms with E-state index in [9.17, 15) is 4.79 Å². The van der Waals surface area contributed by atoms with Gasteiger partial charge in [-0.3, -0.25) is 0 Å². The molecule has 16 heavy (non-hydrogen) atoms. The van der Waals surface area contributed by atoms with Crippen LogP contribution in [-0.2, 0) is 17.6 Å². The molecular weight excluding hydrogens is 202 g/mol. The van der Waals surface area contributed by atoms with Gasteiger partial charge in [-0.1, -0.05) is 18.2 Å². The molecule has 1 N–H and O–H groups in total. The predicted molar refractivity (Wildman–Crippen MR) is 62.5 cm³/mol. The first-order chi connectivity index (χ1) is 7.70. The van der Waals surface area contributed by atoms with E-state index in [0.29, 0.717) is 6.61 Å². The van der Waals surface area contributed by atoms with Crippen LogP contribution in [0.25, 0.3) is 0 Å². The quantitative estimate of drug-likeness (QED) is 0.828. The second-order valence-electron chi connectivity index (χ2n) is 4.18. The van der Waals surface area contributed by atoms with Crippen molar-refractivity contribution >= 4 is 6.09 Å². The molecule has 0 saturated carbocycles.